The van der Waals surface area contributed by atoms with E-state index in [0.717, 1.165) is 0 Å². The number of benzene rings is 1. The summed E-state index contributed by atoms with van der Waals surface area (Å²) in [4.78, 5) is 14.1. The second-order valence-electron chi connectivity index (χ2n) is 4.11. The zero-order valence-electron chi connectivity index (χ0n) is 11.0. The number of fused-ring (bicyclic) bond motifs is 1. The molecule has 0 spiro atoms. The summed E-state index contributed by atoms with van der Waals surface area (Å²) in [7, 11) is 0. The molecule has 0 fully saturated rings. The van der Waals surface area contributed by atoms with Crippen LogP contribution >= 0.6 is 0 Å². The van der Waals surface area contributed by atoms with Crippen molar-refractivity contribution in [1.82, 2.24) is 4.98 Å². The molecule has 0 radical (unpaired) electrons. The maximum absolute atomic E-state index is 12.1. The predicted molar refractivity (Wildman–Crippen MR) is 70.6 cm³/mol. The molecule has 7 heteroatoms. The lowest BCUT2D eigenvalue weighted by atomic mass is 10.2. The largest absolute Gasteiger partial charge is 0.573 e. The topological polar surface area (TPSA) is 51.3 Å². The van der Waals surface area contributed by atoms with Gasteiger partial charge in [0.2, 0.25) is 0 Å². The molecule has 0 aliphatic rings. The Morgan fingerprint density at radius 1 is 1.33 bits per heavy atom. The Morgan fingerprint density at radius 2 is 2.10 bits per heavy atom. The van der Waals surface area contributed by atoms with Crippen molar-refractivity contribution in [3.63, 3.8) is 0 Å². The van der Waals surface area contributed by atoms with Crippen molar-refractivity contribution in [2.75, 3.05) is 6.61 Å². The van der Waals surface area contributed by atoms with Crippen molar-refractivity contribution in [1.29, 1.82) is 0 Å². The number of aromatic nitrogens is 1. The lowest BCUT2D eigenvalue weighted by Gasteiger charge is -2.08. The molecule has 0 saturated heterocycles. The Labute approximate surface area is 118 Å². The summed E-state index contributed by atoms with van der Waals surface area (Å²) in [6, 6.07) is 5.55. The smallest absolute Gasteiger partial charge is 0.463 e. The van der Waals surface area contributed by atoms with Crippen LogP contribution in [0, 0.1) is 0 Å². The molecule has 2 aromatic rings. The summed E-state index contributed by atoms with van der Waals surface area (Å²) < 4.78 is 45.0. The molecular formula is C14H12F3NO3. The van der Waals surface area contributed by atoms with Crippen molar-refractivity contribution in [3.05, 3.63) is 36.0 Å². The van der Waals surface area contributed by atoms with E-state index < -0.39 is 12.3 Å². The fourth-order valence-corrected chi connectivity index (χ4v) is 1.77. The average Bonchev–Trinajstić information content (AvgIpc) is 2.77. The van der Waals surface area contributed by atoms with Crippen molar-refractivity contribution >= 4 is 22.9 Å². The van der Waals surface area contributed by atoms with Gasteiger partial charge in [-0.2, -0.15) is 0 Å². The minimum Gasteiger partial charge on any atom is -0.463 e. The summed E-state index contributed by atoms with van der Waals surface area (Å²) >= 11 is 0. The van der Waals surface area contributed by atoms with Gasteiger partial charge >= 0.3 is 12.3 Å². The highest BCUT2D eigenvalue weighted by Crippen LogP contribution is 2.27. The highest BCUT2D eigenvalue weighted by Gasteiger charge is 2.31. The van der Waals surface area contributed by atoms with E-state index in [0.29, 0.717) is 16.6 Å². The minimum absolute atomic E-state index is 0.272. The van der Waals surface area contributed by atoms with Crippen LogP contribution in [0.4, 0.5) is 13.2 Å². The van der Waals surface area contributed by atoms with Crippen molar-refractivity contribution in [2.45, 2.75) is 13.3 Å². The van der Waals surface area contributed by atoms with Gasteiger partial charge in [0.15, 0.2) is 0 Å². The molecule has 112 valence electrons. The minimum atomic E-state index is -4.73. The molecule has 2 rings (SSSR count). The SMILES string of the molecule is CCOC(=O)/C=C/c1cc2cc(OC(F)(F)F)ccc2[nH]1. The summed E-state index contributed by atoms with van der Waals surface area (Å²) in [5.41, 5.74) is 1.20. The summed E-state index contributed by atoms with van der Waals surface area (Å²) in [5.74, 6) is -0.785. The van der Waals surface area contributed by atoms with Crippen molar-refractivity contribution in [2.24, 2.45) is 0 Å². The van der Waals surface area contributed by atoms with Crippen LogP contribution in [0.5, 0.6) is 5.75 Å². The molecule has 4 nitrogen and oxygen atoms in total. The van der Waals surface area contributed by atoms with Gasteiger partial charge in [0.1, 0.15) is 5.75 Å². The second kappa shape index (κ2) is 5.90. The summed E-state index contributed by atoms with van der Waals surface area (Å²) in [6.45, 7) is 1.96. The van der Waals surface area contributed by atoms with Gasteiger partial charge < -0.3 is 14.5 Å². The average molecular weight is 299 g/mol. The van der Waals surface area contributed by atoms with Crippen LogP contribution in [0.15, 0.2) is 30.3 Å². The number of carbonyl (C=O) groups excluding carboxylic acids is 1. The standard InChI is InChI=1S/C14H12F3NO3/c1-2-20-13(19)6-3-10-7-9-8-11(21-14(15,16)17)4-5-12(9)18-10/h3-8,18H,2H2,1H3/b6-3+. The van der Waals surface area contributed by atoms with Crippen LogP contribution in [-0.4, -0.2) is 23.9 Å². The number of H-pyrrole nitrogens is 1. The van der Waals surface area contributed by atoms with Crippen molar-refractivity contribution in [3.8, 4) is 5.75 Å². The number of hydrogen-bond acceptors (Lipinski definition) is 3. The van der Waals surface area contributed by atoms with Gasteiger partial charge in [0.05, 0.1) is 6.61 Å². The van der Waals surface area contributed by atoms with E-state index in [1.54, 1.807) is 13.0 Å². The molecule has 1 aromatic carbocycles. The van der Waals surface area contributed by atoms with Gasteiger partial charge in [0.25, 0.3) is 0 Å². The van der Waals surface area contributed by atoms with Gasteiger partial charge in [-0.3, -0.25) is 0 Å². The second-order valence-corrected chi connectivity index (χ2v) is 4.11. The summed E-state index contributed by atoms with van der Waals surface area (Å²) in [6.07, 6.45) is -2.00. The first-order chi connectivity index (χ1) is 9.87. The maximum atomic E-state index is 12.1. The number of rotatable bonds is 4. The molecule has 21 heavy (non-hydrogen) atoms. The zero-order chi connectivity index (χ0) is 15.5. The van der Waals surface area contributed by atoms with Crippen molar-refractivity contribution < 1.29 is 27.4 Å². The first-order valence-corrected chi connectivity index (χ1v) is 6.11. The highest BCUT2D eigenvalue weighted by molar-refractivity contribution is 5.89. The number of halogens is 3. The normalized spacial score (nSPS) is 12.0. The van der Waals surface area contributed by atoms with Crippen LogP contribution in [0.1, 0.15) is 12.6 Å². The third-order valence-electron chi connectivity index (χ3n) is 2.53. The van der Waals surface area contributed by atoms with Gasteiger partial charge in [-0.15, -0.1) is 13.2 Å². The predicted octanol–water partition coefficient (Wildman–Crippen LogP) is 3.64. The number of nitrogens with one attached hydrogen (secondary N) is 1. The Morgan fingerprint density at radius 3 is 2.76 bits per heavy atom. The number of hydrogen-bond donors (Lipinski definition) is 1. The Hall–Kier alpha value is -2.44. The molecule has 1 aromatic heterocycles. The third kappa shape index (κ3) is 4.27. The molecule has 0 amide bonds. The number of ether oxygens (including phenoxy) is 2. The van der Waals surface area contributed by atoms with Crippen LogP contribution in [0.3, 0.4) is 0 Å². The molecular weight excluding hydrogens is 287 g/mol. The Kier molecular flexibility index (Phi) is 4.21. The van der Waals surface area contributed by atoms with Gasteiger partial charge in [-0.25, -0.2) is 4.79 Å². The molecule has 0 unspecified atom stereocenters. The van der Waals surface area contributed by atoms with E-state index in [9.17, 15) is 18.0 Å². The molecule has 1 N–H and O–H groups in total. The molecule has 0 aliphatic carbocycles. The lowest BCUT2D eigenvalue weighted by Crippen LogP contribution is -2.16. The maximum Gasteiger partial charge on any atom is 0.573 e. The first kappa shape index (κ1) is 15.0. The van der Waals surface area contributed by atoms with Crippen LogP contribution < -0.4 is 4.74 Å². The van der Waals surface area contributed by atoms with Crippen LogP contribution in [0.25, 0.3) is 17.0 Å². The van der Waals surface area contributed by atoms with E-state index in [4.69, 9.17) is 4.74 Å². The van der Waals surface area contributed by atoms with Crippen LogP contribution in [0.2, 0.25) is 0 Å². The zero-order valence-corrected chi connectivity index (χ0v) is 11.0. The molecule has 0 saturated carbocycles. The van der Waals surface area contributed by atoms with Gasteiger partial charge in [0, 0.05) is 22.7 Å². The number of esters is 1. The molecule has 1 heterocycles. The number of aromatic amines is 1. The fraction of sp³-hybridized carbons (Fsp3) is 0.214. The lowest BCUT2D eigenvalue weighted by molar-refractivity contribution is -0.274. The number of alkyl halides is 3. The highest BCUT2D eigenvalue weighted by atomic mass is 19.4. The van der Waals surface area contributed by atoms with E-state index in [1.807, 2.05) is 0 Å². The molecule has 0 atom stereocenters. The fourth-order valence-electron chi connectivity index (χ4n) is 1.77. The molecule has 0 bridgehead atoms. The van der Waals surface area contributed by atoms with Gasteiger partial charge in [-0.05, 0) is 37.3 Å². The first-order valence-electron chi connectivity index (χ1n) is 6.11. The Bertz CT molecular complexity index is 674. The van der Waals surface area contributed by atoms with E-state index in [2.05, 4.69) is 9.72 Å². The van der Waals surface area contributed by atoms with E-state index >= 15 is 0 Å². The monoisotopic (exact) mass is 299 g/mol. The van der Waals surface area contributed by atoms with Crippen LogP contribution in [-0.2, 0) is 9.53 Å². The Balaban J connectivity index is 2.20. The quantitative estimate of drug-likeness (QED) is 0.692. The summed E-state index contributed by atoms with van der Waals surface area (Å²) in [5, 5.41) is 0.542. The third-order valence-corrected chi connectivity index (χ3v) is 2.53. The van der Waals surface area contributed by atoms with Gasteiger partial charge in [-0.1, -0.05) is 0 Å². The van der Waals surface area contributed by atoms with E-state index in [1.165, 1.54) is 30.4 Å². The van der Waals surface area contributed by atoms with E-state index in [-0.39, 0.29) is 12.4 Å². The number of carbonyl (C=O) groups is 1. The molecule has 0 aliphatic heterocycles.